The third-order valence-electron chi connectivity index (χ3n) is 3.37. The van der Waals surface area contributed by atoms with Crippen molar-refractivity contribution in [1.29, 1.82) is 0 Å². The van der Waals surface area contributed by atoms with Crippen LogP contribution in [0.3, 0.4) is 0 Å². The maximum atomic E-state index is 10.9. The van der Waals surface area contributed by atoms with Crippen molar-refractivity contribution in [2.75, 3.05) is 0 Å². The second-order valence-corrected chi connectivity index (χ2v) is 4.71. The topological polar surface area (TPSA) is 49.3 Å². The molecule has 1 aliphatic rings. The van der Waals surface area contributed by atoms with Crippen molar-refractivity contribution in [3.63, 3.8) is 0 Å². The summed E-state index contributed by atoms with van der Waals surface area (Å²) in [7, 11) is 0. The highest BCUT2D eigenvalue weighted by molar-refractivity contribution is 5.67. The summed E-state index contributed by atoms with van der Waals surface area (Å²) in [5.74, 6) is -0.746. The Bertz CT molecular complexity index is 358. The molecule has 2 N–H and O–H groups in total. The van der Waals surface area contributed by atoms with Crippen LogP contribution in [0, 0.1) is 0 Å². The third-order valence-corrected chi connectivity index (χ3v) is 3.37. The van der Waals surface area contributed by atoms with Crippen molar-refractivity contribution in [3.05, 3.63) is 35.9 Å². The molecule has 1 aromatic carbocycles. The lowest BCUT2D eigenvalue weighted by Gasteiger charge is -2.22. The monoisotopic (exact) mass is 233 g/mol. The molecule has 92 valence electrons. The summed E-state index contributed by atoms with van der Waals surface area (Å²) in [6.45, 7) is 0. The Morgan fingerprint density at radius 2 is 1.94 bits per heavy atom. The van der Waals surface area contributed by atoms with E-state index in [4.69, 9.17) is 5.11 Å². The first kappa shape index (κ1) is 12.1. The molecule has 1 atom stereocenters. The predicted octanol–water partition coefficient (Wildman–Crippen LogP) is 2.73. The summed E-state index contributed by atoms with van der Waals surface area (Å²) >= 11 is 0. The fourth-order valence-corrected chi connectivity index (χ4v) is 2.51. The van der Waals surface area contributed by atoms with Gasteiger partial charge in [0.05, 0.1) is 6.42 Å². The van der Waals surface area contributed by atoms with Crippen LogP contribution < -0.4 is 5.32 Å². The van der Waals surface area contributed by atoms with Gasteiger partial charge in [-0.2, -0.15) is 0 Å². The fraction of sp³-hybridized carbons (Fsp3) is 0.500. The number of hydrogen-bond donors (Lipinski definition) is 2. The Hall–Kier alpha value is -1.35. The zero-order valence-electron chi connectivity index (χ0n) is 9.93. The normalized spacial score (nSPS) is 18.1. The van der Waals surface area contributed by atoms with Crippen molar-refractivity contribution < 1.29 is 9.90 Å². The number of carboxylic acids is 1. The standard InChI is InChI=1S/C14H19NO2/c16-14(17)10-13(11-6-2-1-3-7-11)15-12-8-4-5-9-12/h1-3,6-7,12-13,15H,4-5,8-10H2,(H,16,17). The van der Waals surface area contributed by atoms with Gasteiger partial charge in [-0.3, -0.25) is 4.79 Å². The van der Waals surface area contributed by atoms with Crippen molar-refractivity contribution in [3.8, 4) is 0 Å². The van der Waals surface area contributed by atoms with E-state index in [1.807, 2.05) is 30.3 Å². The molecule has 1 unspecified atom stereocenters. The van der Waals surface area contributed by atoms with Crippen LogP contribution in [0.5, 0.6) is 0 Å². The highest BCUT2D eigenvalue weighted by Crippen LogP contribution is 2.23. The molecule has 0 radical (unpaired) electrons. The van der Waals surface area contributed by atoms with Crippen LogP contribution in [-0.2, 0) is 4.79 Å². The van der Waals surface area contributed by atoms with Crippen LogP contribution in [0.2, 0.25) is 0 Å². The van der Waals surface area contributed by atoms with E-state index in [0.717, 1.165) is 5.56 Å². The molecule has 1 aliphatic carbocycles. The number of carboxylic acid groups (broad SMARTS) is 1. The summed E-state index contributed by atoms with van der Waals surface area (Å²) < 4.78 is 0. The molecule has 0 heterocycles. The lowest BCUT2D eigenvalue weighted by molar-refractivity contribution is -0.137. The highest BCUT2D eigenvalue weighted by Gasteiger charge is 2.21. The molecule has 2 rings (SSSR count). The van der Waals surface area contributed by atoms with Gasteiger partial charge in [-0.15, -0.1) is 0 Å². The lowest BCUT2D eigenvalue weighted by Crippen LogP contribution is -2.32. The fourth-order valence-electron chi connectivity index (χ4n) is 2.51. The zero-order chi connectivity index (χ0) is 12.1. The molecule has 17 heavy (non-hydrogen) atoms. The molecule has 0 aromatic heterocycles. The number of aliphatic carboxylic acids is 1. The smallest absolute Gasteiger partial charge is 0.305 e. The van der Waals surface area contributed by atoms with E-state index in [1.54, 1.807) is 0 Å². The van der Waals surface area contributed by atoms with E-state index in [0.29, 0.717) is 6.04 Å². The lowest BCUT2D eigenvalue weighted by atomic mass is 10.0. The summed E-state index contributed by atoms with van der Waals surface area (Å²) in [6.07, 6.45) is 5.00. The molecule has 0 amide bonds. The summed E-state index contributed by atoms with van der Waals surface area (Å²) in [6, 6.07) is 10.3. The molecule has 0 bridgehead atoms. The van der Waals surface area contributed by atoms with Gasteiger partial charge in [-0.25, -0.2) is 0 Å². The number of rotatable bonds is 5. The first-order valence-electron chi connectivity index (χ1n) is 6.28. The second-order valence-electron chi connectivity index (χ2n) is 4.71. The van der Waals surface area contributed by atoms with Gasteiger partial charge in [0.25, 0.3) is 0 Å². The molecular weight excluding hydrogens is 214 g/mol. The van der Waals surface area contributed by atoms with Crippen LogP contribution >= 0.6 is 0 Å². The second kappa shape index (κ2) is 5.82. The Morgan fingerprint density at radius 1 is 1.29 bits per heavy atom. The Labute approximate surface area is 102 Å². The van der Waals surface area contributed by atoms with E-state index in [-0.39, 0.29) is 12.5 Å². The maximum absolute atomic E-state index is 10.9. The minimum absolute atomic E-state index is 0.0585. The van der Waals surface area contributed by atoms with Gasteiger partial charge in [0.2, 0.25) is 0 Å². The summed E-state index contributed by atoms with van der Waals surface area (Å²) in [5, 5.41) is 12.5. The van der Waals surface area contributed by atoms with Gasteiger partial charge in [-0.05, 0) is 18.4 Å². The van der Waals surface area contributed by atoms with Crippen molar-refractivity contribution in [2.45, 2.75) is 44.2 Å². The van der Waals surface area contributed by atoms with Gasteiger partial charge >= 0.3 is 5.97 Å². The Balaban J connectivity index is 2.04. The summed E-state index contributed by atoms with van der Waals surface area (Å²) in [4.78, 5) is 10.9. The van der Waals surface area contributed by atoms with Gasteiger partial charge in [0.15, 0.2) is 0 Å². The van der Waals surface area contributed by atoms with Crippen LogP contribution in [-0.4, -0.2) is 17.1 Å². The Kier molecular flexibility index (Phi) is 4.15. The van der Waals surface area contributed by atoms with E-state index in [2.05, 4.69) is 5.32 Å². The van der Waals surface area contributed by atoms with Crippen molar-refractivity contribution >= 4 is 5.97 Å². The van der Waals surface area contributed by atoms with Crippen LogP contribution in [0.25, 0.3) is 0 Å². The number of hydrogen-bond acceptors (Lipinski definition) is 2. The molecule has 1 fully saturated rings. The average Bonchev–Trinajstić information content (AvgIpc) is 2.82. The molecule has 3 heteroatoms. The molecule has 0 spiro atoms. The predicted molar refractivity (Wildman–Crippen MR) is 66.8 cm³/mol. The largest absolute Gasteiger partial charge is 0.481 e. The SMILES string of the molecule is O=C(O)CC(NC1CCCC1)c1ccccc1. The minimum atomic E-state index is -0.746. The Morgan fingerprint density at radius 3 is 2.53 bits per heavy atom. The van der Waals surface area contributed by atoms with E-state index < -0.39 is 5.97 Å². The number of benzene rings is 1. The van der Waals surface area contributed by atoms with E-state index in [1.165, 1.54) is 25.7 Å². The molecule has 3 nitrogen and oxygen atoms in total. The van der Waals surface area contributed by atoms with Crippen molar-refractivity contribution in [2.24, 2.45) is 0 Å². The molecule has 0 aliphatic heterocycles. The molecule has 1 aromatic rings. The van der Waals surface area contributed by atoms with Crippen LogP contribution in [0.1, 0.15) is 43.7 Å². The number of nitrogens with one attached hydrogen (secondary N) is 1. The van der Waals surface area contributed by atoms with Gasteiger partial charge in [-0.1, -0.05) is 43.2 Å². The zero-order valence-corrected chi connectivity index (χ0v) is 9.93. The first-order chi connectivity index (χ1) is 8.25. The van der Waals surface area contributed by atoms with Gasteiger partial charge in [0, 0.05) is 12.1 Å². The third kappa shape index (κ3) is 3.56. The molecule has 1 saturated carbocycles. The minimum Gasteiger partial charge on any atom is -0.481 e. The quantitative estimate of drug-likeness (QED) is 0.822. The number of carbonyl (C=O) groups is 1. The van der Waals surface area contributed by atoms with Crippen LogP contribution in [0.15, 0.2) is 30.3 Å². The molecule has 0 saturated heterocycles. The van der Waals surface area contributed by atoms with Crippen LogP contribution in [0.4, 0.5) is 0 Å². The first-order valence-corrected chi connectivity index (χ1v) is 6.28. The maximum Gasteiger partial charge on any atom is 0.305 e. The average molecular weight is 233 g/mol. The summed E-state index contributed by atoms with van der Waals surface area (Å²) in [5.41, 5.74) is 1.07. The highest BCUT2D eigenvalue weighted by atomic mass is 16.4. The van der Waals surface area contributed by atoms with E-state index >= 15 is 0 Å². The van der Waals surface area contributed by atoms with Gasteiger partial charge < -0.3 is 10.4 Å². The van der Waals surface area contributed by atoms with Crippen molar-refractivity contribution in [1.82, 2.24) is 5.32 Å². The van der Waals surface area contributed by atoms with E-state index in [9.17, 15) is 4.79 Å². The molecular formula is C14H19NO2. The van der Waals surface area contributed by atoms with Gasteiger partial charge in [0.1, 0.15) is 0 Å².